The van der Waals surface area contributed by atoms with E-state index in [-0.39, 0.29) is 6.10 Å². The molecule has 3 aromatic rings. The number of nitrogens with zero attached hydrogens (tertiary/aromatic N) is 2. The van der Waals surface area contributed by atoms with Crippen molar-refractivity contribution in [2.24, 2.45) is 0 Å². The number of H-pyrrole nitrogens is 2. The summed E-state index contributed by atoms with van der Waals surface area (Å²) in [5.74, 6) is 0.934. The third-order valence-electron chi connectivity index (χ3n) is 4.20. The van der Waals surface area contributed by atoms with Gasteiger partial charge in [-0.2, -0.15) is 0 Å². The molecule has 1 atom stereocenters. The van der Waals surface area contributed by atoms with E-state index in [4.69, 9.17) is 4.74 Å². The summed E-state index contributed by atoms with van der Waals surface area (Å²) in [7, 11) is 0. The molecule has 4 rings (SSSR count). The van der Waals surface area contributed by atoms with Crippen LogP contribution < -0.4 is 0 Å². The van der Waals surface area contributed by atoms with Crippen LogP contribution in [0.2, 0.25) is 0 Å². The molecular formula is C17H20N4O. The van der Waals surface area contributed by atoms with Crippen LogP contribution >= 0.6 is 0 Å². The summed E-state index contributed by atoms with van der Waals surface area (Å²) >= 11 is 0. The van der Waals surface area contributed by atoms with Crippen LogP contribution in [-0.4, -0.2) is 39.5 Å². The highest BCUT2D eigenvalue weighted by Crippen LogP contribution is 2.22. The number of ether oxygens (including phenoxy) is 1. The lowest BCUT2D eigenvalue weighted by molar-refractivity contribution is -0.0368. The van der Waals surface area contributed by atoms with Gasteiger partial charge in [0.25, 0.3) is 0 Å². The van der Waals surface area contributed by atoms with Crippen molar-refractivity contribution in [2.45, 2.75) is 19.6 Å². The Labute approximate surface area is 129 Å². The maximum atomic E-state index is 5.86. The molecule has 2 aromatic heterocycles. The van der Waals surface area contributed by atoms with Crippen molar-refractivity contribution in [2.75, 3.05) is 19.7 Å². The number of morpholine rings is 1. The van der Waals surface area contributed by atoms with Gasteiger partial charge in [0.15, 0.2) is 0 Å². The quantitative estimate of drug-likeness (QED) is 0.781. The Morgan fingerprint density at radius 3 is 3.18 bits per heavy atom. The molecule has 0 amide bonds. The van der Waals surface area contributed by atoms with Gasteiger partial charge in [-0.25, -0.2) is 4.98 Å². The minimum atomic E-state index is 0.0402. The van der Waals surface area contributed by atoms with Crippen LogP contribution in [0.3, 0.4) is 0 Å². The zero-order valence-electron chi connectivity index (χ0n) is 12.7. The third kappa shape index (κ3) is 2.65. The fraction of sp³-hybridized carbons (Fsp3) is 0.353. The molecule has 1 fully saturated rings. The normalized spacial score (nSPS) is 19.8. The number of aromatic nitrogens is 3. The van der Waals surface area contributed by atoms with E-state index in [1.807, 2.05) is 19.3 Å². The molecule has 1 saturated heterocycles. The molecule has 0 saturated carbocycles. The monoisotopic (exact) mass is 296 g/mol. The van der Waals surface area contributed by atoms with Crippen molar-refractivity contribution >= 4 is 10.9 Å². The van der Waals surface area contributed by atoms with Crippen LogP contribution in [0.5, 0.6) is 0 Å². The predicted molar refractivity (Wildman–Crippen MR) is 85.6 cm³/mol. The van der Waals surface area contributed by atoms with Gasteiger partial charge in [0.05, 0.1) is 6.61 Å². The first-order valence-electron chi connectivity index (χ1n) is 7.69. The average Bonchev–Trinajstić information content (AvgIpc) is 3.16. The van der Waals surface area contributed by atoms with Crippen molar-refractivity contribution in [3.8, 4) is 0 Å². The Balaban J connectivity index is 1.47. The SMILES string of the molecule is Cc1cnc(C2CN(Cc3ccc4[nH]ccc4c3)CCO2)[nH]1. The zero-order chi connectivity index (χ0) is 14.9. The molecule has 0 spiro atoms. The first kappa shape index (κ1) is 13.5. The van der Waals surface area contributed by atoms with E-state index >= 15 is 0 Å². The summed E-state index contributed by atoms with van der Waals surface area (Å²) in [5.41, 5.74) is 3.60. The smallest absolute Gasteiger partial charge is 0.136 e. The maximum Gasteiger partial charge on any atom is 0.136 e. The fourth-order valence-electron chi connectivity index (χ4n) is 3.07. The van der Waals surface area contributed by atoms with Crippen molar-refractivity contribution in [1.29, 1.82) is 0 Å². The van der Waals surface area contributed by atoms with Gasteiger partial charge in [0, 0.05) is 43.2 Å². The number of hydrogen-bond donors (Lipinski definition) is 2. The van der Waals surface area contributed by atoms with Crippen LogP contribution in [-0.2, 0) is 11.3 Å². The van der Waals surface area contributed by atoms with Crippen molar-refractivity contribution in [3.05, 3.63) is 53.7 Å². The van der Waals surface area contributed by atoms with Crippen molar-refractivity contribution < 1.29 is 4.74 Å². The van der Waals surface area contributed by atoms with Gasteiger partial charge in [-0.1, -0.05) is 6.07 Å². The maximum absolute atomic E-state index is 5.86. The minimum absolute atomic E-state index is 0.0402. The van der Waals surface area contributed by atoms with E-state index in [9.17, 15) is 0 Å². The number of nitrogens with one attached hydrogen (secondary N) is 2. The van der Waals surface area contributed by atoms with E-state index in [2.05, 4.69) is 44.1 Å². The lowest BCUT2D eigenvalue weighted by Crippen LogP contribution is -2.38. The summed E-state index contributed by atoms with van der Waals surface area (Å²) in [6, 6.07) is 8.72. The summed E-state index contributed by atoms with van der Waals surface area (Å²) in [4.78, 5) is 13.4. The van der Waals surface area contributed by atoms with E-state index in [1.165, 1.54) is 16.5 Å². The molecule has 1 aliphatic heterocycles. The second-order valence-electron chi connectivity index (χ2n) is 5.95. The van der Waals surface area contributed by atoms with Crippen molar-refractivity contribution in [3.63, 3.8) is 0 Å². The van der Waals surface area contributed by atoms with Gasteiger partial charge >= 0.3 is 0 Å². The van der Waals surface area contributed by atoms with Gasteiger partial charge < -0.3 is 14.7 Å². The lowest BCUT2D eigenvalue weighted by Gasteiger charge is -2.32. The largest absolute Gasteiger partial charge is 0.368 e. The van der Waals surface area contributed by atoms with Crippen LogP contribution in [0.1, 0.15) is 23.2 Å². The molecule has 0 radical (unpaired) electrons. The van der Waals surface area contributed by atoms with Crippen LogP contribution in [0.15, 0.2) is 36.7 Å². The first-order chi connectivity index (χ1) is 10.8. The third-order valence-corrected chi connectivity index (χ3v) is 4.20. The Morgan fingerprint density at radius 2 is 2.32 bits per heavy atom. The molecule has 114 valence electrons. The molecule has 3 heterocycles. The summed E-state index contributed by atoms with van der Waals surface area (Å²) in [6.45, 7) is 5.54. The molecule has 2 N–H and O–H groups in total. The van der Waals surface area contributed by atoms with Crippen LogP contribution in [0.4, 0.5) is 0 Å². The van der Waals surface area contributed by atoms with Gasteiger partial charge in [-0.05, 0) is 36.1 Å². The molecule has 1 aromatic carbocycles. The minimum Gasteiger partial charge on any atom is -0.368 e. The molecule has 5 heteroatoms. The van der Waals surface area contributed by atoms with E-state index < -0.39 is 0 Å². The van der Waals surface area contributed by atoms with E-state index in [0.29, 0.717) is 0 Å². The van der Waals surface area contributed by atoms with Crippen LogP contribution in [0, 0.1) is 6.92 Å². The van der Waals surface area contributed by atoms with Crippen LogP contribution in [0.25, 0.3) is 10.9 Å². The standard InChI is InChI=1S/C17H20N4O/c1-12-9-19-17(20-12)16-11-21(6-7-22-16)10-13-2-3-15-14(8-13)4-5-18-15/h2-5,8-9,16,18H,6-7,10-11H2,1H3,(H,19,20). The van der Waals surface area contributed by atoms with Crippen molar-refractivity contribution in [1.82, 2.24) is 19.9 Å². The zero-order valence-corrected chi connectivity index (χ0v) is 12.7. The van der Waals surface area contributed by atoms with E-state index in [0.717, 1.165) is 37.8 Å². The number of aromatic amines is 2. The average molecular weight is 296 g/mol. The highest BCUT2D eigenvalue weighted by Gasteiger charge is 2.24. The van der Waals surface area contributed by atoms with Gasteiger partial charge in [-0.15, -0.1) is 0 Å². The number of imidazole rings is 1. The fourth-order valence-corrected chi connectivity index (χ4v) is 3.07. The number of fused-ring (bicyclic) bond motifs is 1. The summed E-state index contributed by atoms with van der Waals surface area (Å²) < 4.78 is 5.86. The molecule has 1 aliphatic rings. The second kappa shape index (κ2) is 5.59. The highest BCUT2D eigenvalue weighted by molar-refractivity contribution is 5.79. The summed E-state index contributed by atoms with van der Waals surface area (Å²) in [6.07, 6.45) is 3.88. The molecule has 22 heavy (non-hydrogen) atoms. The van der Waals surface area contributed by atoms with Gasteiger partial charge in [-0.3, -0.25) is 4.90 Å². The van der Waals surface area contributed by atoms with Gasteiger partial charge in [0.1, 0.15) is 11.9 Å². The Hall–Kier alpha value is -2.11. The molecular weight excluding hydrogens is 276 g/mol. The molecule has 5 nitrogen and oxygen atoms in total. The number of rotatable bonds is 3. The van der Waals surface area contributed by atoms with Gasteiger partial charge in [0.2, 0.25) is 0 Å². The molecule has 1 unspecified atom stereocenters. The predicted octanol–water partition coefficient (Wildman–Crippen LogP) is 2.77. The topological polar surface area (TPSA) is 56.9 Å². The lowest BCUT2D eigenvalue weighted by atomic mass is 10.1. The Morgan fingerprint density at radius 1 is 1.36 bits per heavy atom. The number of benzene rings is 1. The first-order valence-corrected chi connectivity index (χ1v) is 7.69. The molecule has 0 aliphatic carbocycles. The van der Waals surface area contributed by atoms with E-state index in [1.54, 1.807) is 0 Å². The number of hydrogen-bond acceptors (Lipinski definition) is 3. The second-order valence-corrected chi connectivity index (χ2v) is 5.95. The molecule has 0 bridgehead atoms. The highest BCUT2D eigenvalue weighted by atomic mass is 16.5. The summed E-state index contributed by atoms with van der Waals surface area (Å²) in [5, 5.41) is 1.27. The number of aryl methyl sites for hydroxylation is 1. The Bertz CT molecular complexity index is 776. The Kier molecular flexibility index (Phi) is 3.44.